The third-order valence-electron chi connectivity index (χ3n) is 3.68. The summed E-state index contributed by atoms with van der Waals surface area (Å²) in [5.74, 6) is -0.151. The molecule has 3 rings (SSSR count). The van der Waals surface area contributed by atoms with Crippen molar-refractivity contribution in [3.05, 3.63) is 68.5 Å². The van der Waals surface area contributed by atoms with Gasteiger partial charge in [-0.05, 0) is 36.3 Å². The van der Waals surface area contributed by atoms with Gasteiger partial charge in [0.1, 0.15) is 0 Å². The second kappa shape index (κ2) is 7.28. The van der Waals surface area contributed by atoms with E-state index < -0.39 is 0 Å². The van der Waals surface area contributed by atoms with Gasteiger partial charge in [-0.15, -0.1) is 0 Å². The fourth-order valence-corrected chi connectivity index (χ4v) is 4.26. The standard InChI is InChI=1S/C18H13Cl2NOS2/c1-2-11-6-3-4-9-15(11)21-17(22)16(24-18(21)23)10-12-13(19)7-5-8-14(12)20/h3-10H,2H2,1H3/b16-10-. The van der Waals surface area contributed by atoms with Crippen LogP contribution in [0.3, 0.4) is 0 Å². The van der Waals surface area contributed by atoms with E-state index in [1.165, 1.54) is 11.8 Å². The number of amides is 1. The molecule has 1 aliphatic heterocycles. The summed E-state index contributed by atoms with van der Waals surface area (Å²) >= 11 is 19.1. The lowest BCUT2D eigenvalue weighted by Crippen LogP contribution is -2.28. The molecule has 6 heteroatoms. The molecule has 1 aliphatic rings. The first-order valence-corrected chi connectivity index (χ1v) is 9.31. The lowest BCUT2D eigenvalue weighted by Gasteiger charge is -2.18. The van der Waals surface area contributed by atoms with Crippen molar-refractivity contribution >= 4 is 69.2 Å². The summed E-state index contributed by atoms with van der Waals surface area (Å²) in [6.07, 6.45) is 2.53. The minimum Gasteiger partial charge on any atom is -0.268 e. The minimum absolute atomic E-state index is 0.151. The first kappa shape index (κ1) is 17.5. The number of hydrogen-bond donors (Lipinski definition) is 0. The molecule has 0 spiro atoms. The number of carbonyl (C=O) groups excluding carboxylic acids is 1. The molecule has 0 atom stereocenters. The third kappa shape index (κ3) is 3.24. The lowest BCUT2D eigenvalue weighted by molar-refractivity contribution is -0.113. The Balaban J connectivity index is 2.02. The average molecular weight is 394 g/mol. The number of nitrogens with zero attached hydrogens (tertiary/aromatic N) is 1. The summed E-state index contributed by atoms with van der Waals surface area (Å²) in [7, 11) is 0. The van der Waals surface area contributed by atoms with Crippen molar-refractivity contribution < 1.29 is 4.79 Å². The van der Waals surface area contributed by atoms with Gasteiger partial charge in [0.05, 0.1) is 10.6 Å². The number of benzene rings is 2. The Bertz CT molecular complexity index is 844. The van der Waals surface area contributed by atoms with Gasteiger partial charge in [-0.25, -0.2) is 0 Å². The van der Waals surface area contributed by atoms with Crippen LogP contribution in [-0.4, -0.2) is 10.2 Å². The van der Waals surface area contributed by atoms with Gasteiger partial charge in [-0.3, -0.25) is 9.69 Å². The SMILES string of the molecule is CCc1ccccc1N1C(=O)/C(=C/c2c(Cl)cccc2Cl)SC1=S. The molecule has 0 aromatic heterocycles. The molecule has 0 aliphatic carbocycles. The quantitative estimate of drug-likeness (QED) is 0.473. The van der Waals surface area contributed by atoms with Crippen molar-refractivity contribution in [3.8, 4) is 0 Å². The fraction of sp³-hybridized carbons (Fsp3) is 0.111. The number of aryl methyl sites for hydroxylation is 1. The van der Waals surface area contributed by atoms with E-state index >= 15 is 0 Å². The summed E-state index contributed by atoms with van der Waals surface area (Å²) in [4.78, 5) is 15.0. The Morgan fingerprint density at radius 1 is 1.12 bits per heavy atom. The molecule has 122 valence electrons. The number of halogens is 2. The molecule has 0 saturated carbocycles. The number of rotatable bonds is 3. The number of anilines is 1. The van der Waals surface area contributed by atoms with Gasteiger partial charge in [0, 0.05) is 15.6 Å². The number of thiocarbonyl (C=S) groups is 1. The lowest BCUT2D eigenvalue weighted by atomic mass is 10.1. The van der Waals surface area contributed by atoms with E-state index in [9.17, 15) is 4.79 Å². The van der Waals surface area contributed by atoms with Crippen molar-refractivity contribution in [1.82, 2.24) is 0 Å². The van der Waals surface area contributed by atoms with Gasteiger partial charge in [0.2, 0.25) is 0 Å². The van der Waals surface area contributed by atoms with Crippen molar-refractivity contribution in [2.45, 2.75) is 13.3 Å². The van der Waals surface area contributed by atoms with Gasteiger partial charge >= 0.3 is 0 Å². The molecule has 1 amide bonds. The minimum atomic E-state index is -0.151. The predicted octanol–water partition coefficient (Wildman–Crippen LogP) is 5.96. The zero-order valence-electron chi connectivity index (χ0n) is 12.8. The Kier molecular flexibility index (Phi) is 5.30. The Labute approximate surface area is 160 Å². The molecule has 2 aromatic rings. The summed E-state index contributed by atoms with van der Waals surface area (Å²) in [5.41, 5.74) is 2.53. The van der Waals surface area contributed by atoms with Crippen LogP contribution in [-0.2, 0) is 11.2 Å². The van der Waals surface area contributed by atoms with Crippen molar-refractivity contribution in [2.24, 2.45) is 0 Å². The van der Waals surface area contributed by atoms with Crippen LogP contribution >= 0.6 is 47.2 Å². The van der Waals surface area contributed by atoms with E-state index in [2.05, 4.69) is 6.92 Å². The second-order valence-corrected chi connectivity index (χ2v) is 7.62. The third-order valence-corrected chi connectivity index (χ3v) is 5.64. The molecule has 1 fully saturated rings. The molecular weight excluding hydrogens is 381 g/mol. The van der Waals surface area contributed by atoms with Crippen LogP contribution in [0.5, 0.6) is 0 Å². The van der Waals surface area contributed by atoms with Gasteiger partial charge in [-0.1, -0.05) is 78.4 Å². The van der Waals surface area contributed by atoms with Crippen molar-refractivity contribution in [2.75, 3.05) is 4.90 Å². The molecule has 1 saturated heterocycles. The largest absolute Gasteiger partial charge is 0.270 e. The zero-order valence-corrected chi connectivity index (χ0v) is 15.9. The maximum atomic E-state index is 12.9. The van der Waals surface area contributed by atoms with Crippen LogP contribution in [0.2, 0.25) is 10.0 Å². The number of para-hydroxylation sites is 1. The van der Waals surface area contributed by atoms with Crippen molar-refractivity contribution in [1.29, 1.82) is 0 Å². The first-order chi connectivity index (χ1) is 11.5. The smallest absolute Gasteiger partial charge is 0.268 e. The van der Waals surface area contributed by atoms with Crippen LogP contribution in [0.1, 0.15) is 18.1 Å². The first-order valence-electron chi connectivity index (χ1n) is 7.32. The van der Waals surface area contributed by atoms with Gasteiger partial charge in [0.25, 0.3) is 5.91 Å². The highest BCUT2D eigenvalue weighted by Gasteiger charge is 2.34. The van der Waals surface area contributed by atoms with Crippen LogP contribution < -0.4 is 4.90 Å². The molecule has 24 heavy (non-hydrogen) atoms. The number of hydrogen-bond acceptors (Lipinski definition) is 3. The summed E-state index contributed by atoms with van der Waals surface area (Å²) in [5, 5.41) is 1.00. The van der Waals surface area contributed by atoms with Crippen LogP contribution in [0.25, 0.3) is 6.08 Å². The second-order valence-electron chi connectivity index (χ2n) is 5.13. The highest BCUT2D eigenvalue weighted by Crippen LogP contribution is 2.39. The van der Waals surface area contributed by atoms with Crippen molar-refractivity contribution in [3.63, 3.8) is 0 Å². The van der Waals surface area contributed by atoms with E-state index in [0.29, 0.717) is 24.8 Å². The summed E-state index contributed by atoms with van der Waals surface area (Å²) in [6, 6.07) is 13.0. The molecule has 0 radical (unpaired) electrons. The normalized spacial score (nSPS) is 16.3. The highest BCUT2D eigenvalue weighted by molar-refractivity contribution is 8.27. The van der Waals surface area contributed by atoms with Crippen LogP contribution in [0, 0.1) is 0 Å². The Morgan fingerprint density at radius 2 is 1.79 bits per heavy atom. The molecular formula is C18H13Cl2NOS2. The van der Waals surface area contributed by atoms with E-state index in [1.807, 2.05) is 24.3 Å². The zero-order chi connectivity index (χ0) is 17.3. The average Bonchev–Trinajstić information content (AvgIpc) is 2.85. The monoisotopic (exact) mass is 393 g/mol. The molecule has 2 nitrogen and oxygen atoms in total. The van der Waals surface area contributed by atoms with Gasteiger partial charge in [-0.2, -0.15) is 0 Å². The summed E-state index contributed by atoms with van der Waals surface area (Å²) in [6.45, 7) is 2.05. The Hall–Kier alpha value is -1.33. The summed E-state index contributed by atoms with van der Waals surface area (Å²) < 4.78 is 0.510. The number of carbonyl (C=O) groups is 1. The maximum absolute atomic E-state index is 12.9. The maximum Gasteiger partial charge on any atom is 0.270 e. The molecule has 1 heterocycles. The van der Waals surface area contributed by atoms with E-state index in [-0.39, 0.29) is 5.91 Å². The Morgan fingerprint density at radius 3 is 2.46 bits per heavy atom. The number of thioether (sulfide) groups is 1. The topological polar surface area (TPSA) is 20.3 Å². The van der Waals surface area contributed by atoms with Crippen LogP contribution in [0.4, 0.5) is 5.69 Å². The molecule has 0 bridgehead atoms. The van der Waals surface area contributed by atoms with Gasteiger partial charge in [0.15, 0.2) is 4.32 Å². The fourth-order valence-electron chi connectivity index (χ4n) is 2.48. The van der Waals surface area contributed by atoms with Crippen LogP contribution in [0.15, 0.2) is 47.4 Å². The molecule has 0 N–H and O–H groups in total. The molecule has 0 unspecified atom stereocenters. The predicted molar refractivity (Wildman–Crippen MR) is 108 cm³/mol. The van der Waals surface area contributed by atoms with E-state index in [0.717, 1.165) is 17.7 Å². The van der Waals surface area contributed by atoms with E-state index in [4.69, 9.17) is 35.4 Å². The molecule has 2 aromatic carbocycles. The highest BCUT2D eigenvalue weighted by atomic mass is 35.5. The van der Waals surface area contributed by atoms with E-state index in [1.54, 1.807) is 29.2 Å². The van der Waals surface area contributed by atoms with Gasteiger partial charge < -0.3 is 0 Å².